The SMILES string of the molecule is O=C(CCCC(=O)Oc1ccccc1F)OCC(F)(F)C(F)F. The summed E-state index contributed by atoms with van der Waals surface area (Å²) in [5.41, 5.74) is 0. The molecule has 9 heteroatoms. The monoisotopic (exact) mass is 340 g/mol. The Hall–Kier alpha value is -2.19. The number of hydrogen-bond donors (Lipinski definition) is 0. The van der Waals surface area contributed by atoms with Crippen LogP contribution in [0.15, 0.2) is 24.3 Å². The molecule has 1 aromatic rings. The number of carbonyl (C=O) groups is 2. The zero-order chi connectivity index (χ0) is 17.5. The zero-order valence-corrected chi connectivity index (χ0v) is 11.7. The third-order valence-electron chi connectivity index (χ3n) is 2.57. The molecule has 23 heavy (non-hydrogen) atoms. The third kappa shape index (κ3) is 6.62. The average Bonchev–Trinajstić information content (AvgIpc) is 2.47. The van der Waals surface area contributed by atoms with Crippen LogP contribution in [0.1, 0.15) is 19.3 Å². The number of esters is 2. The molecule has 4 nitrogen and oxygen atoms in total. The van der Waals surface area contributed by atoms with E-state index in [-0.39, 0.29) is 18.6 Å². The van der Waals surface area contributed by atoms with E-state index in [4.69, 9.17) is 0 Å². The summed E-state index contributed by atoms with van der Waals surface area (Å²) >= 11 is 0. The fourth-order valence-corrected chi connectivity index (χ4v) is 1.39. The largest absolute Gasteiger partial charge is 0.459 e. The normalized spacial score (nSPS) is 11.4. The smallest absolute Gasteiger partial charge is 0.340 e. The van der Waals surface area contributed by atoms with Crippen molar-refractivity contribution in [3.05, 3.63) is 30.1 Å². The van der Waals surface area contributed by atoms with E-state index in [1.165, 1.54) is 18.2 Å². The quantitative estimate of drug-likeness (QED) is 0.414. The first-order valence-electron chi connectivity index (χ1n) is 6.49. The van der Waals surface area contributed by atoms with Gasteiger partial charge in [-0.25, -0.2) is 13.2 Å². The molecular formula is C14H13F5O4. The Morgan fingerprint density at radius 3 is 2.30 bits per heavy atom. The molecule has 0 aliphatic rings. The molecule has 0 spiro atoms. The van der Waals surface area contributed by atoms with Gasteiger partial charge in [0.05, 0.1) is 0 Å². The second-order valence-electron chi connectivity index (χ2n) is 4.48. The first-order valence-corrected chi connectivity index (χ1v) is 6.49. The van der Waals surface area contributed by atoms with E-state index in [0.717, 1.165) is 6.07 Å². The first kappa shape index (κ1) is 18.9. The Morgan fingerprint density at radius 2 is 1.70 bits per heavy atom. The van der Waals surface area contributed by atoms with E-state index in [9.17, 15) is 31.5 Å². The van der Waals surface area contributed by atoms with Gasteiger partial charge in [-0.05, 0) is 18.6 Å². The number of carbonyl (C=O) groups excluding carboxylic acids is 2. The van der Waals surface area contributed by atoms with Crippen molar-refractivity contribution in [2.45, 2.75) is 31.6 Å². The lowest BCUT2D eigenvalue weighted by atomic mass is 10.2. The highest BCUT2D eigenvalue weighted by Crippen LogP contribution is 2.23. The Morgan fingerprint density at radius 1 is 1.09 bits per heavy atom. The van der Waals surface area contributed by atoms with Crippen molar-refractivity contribution < 1.29 is 41.0 Å². The number of rotatable bonds is 8. The summed E-state index contributed by atoms with van der Waals surface area (Å²) in [7, 11) is 0. The van der Waals surface area contributed by atoms with Crippen LogP contribution in [0.25, 0.3) is 0 Å². The first-order chi connectivity index (χ1) is 10.7. The van der Waals surface area contributed by atoms with Gasteiger partial charge in [0.2, 0.25) is 0 Å². The highest BCUT2D eigenvalue weighted by atomic mass is 19.3. The minimum Gasteiger partial charge on any atom is -0.459 e. The lowest BCUT2D eigenvalue weighted by molar-refractivity contribution is -0.179. The molecular weight excluding hydrogens is 327 g/mol. The van der Waals surface area contributed by atoms with E-state index in [2.05, 4.69) is 9.47 Å². The standard InChI is InChI=1S/C14H13F5O4/c15-9-4-1-2-5-10(9)23-12(21)7-3-6-11(20)22-8-14(18,19)13(16)17/h1-2,4-5,13H,3,6-8H2. The number of hydrogen-bond acceptors (Lipinski definition) is 4. The lowest BCUT2D eigenvalue weighted by Gasteiger charge is -2.14. The van der Waals surface area contributed by atoms with Crippen molar-refractivity contribution >= 4 is 11.9 Å². The summed E-state index contributed by atoms with van der Waals surface area (Å²) in [4.78, 5) is 22.5. The van der Waals surface area contributed by atoms with E-state index < -0.39 is 43.1 Å². The van der Waals surface area contributed by atoms with Gasteiger partial charge < -0.3 is 9.47 Å². The number of ether oxygens (including phenoxy) is 2. The molecule has 0 aliphatic carbocycles. The molecule has 0 N–H and O–H groups in total. The molecule has 0 saturated heterocycles. The van der Waals surface area contributed by atoms with Gasteiger partial charge in [-0.15, -0.1) is 0 Å². The highest BCUT2D eigenvalue weighted by Gasteiger charge is 2.42. The van der Waals surface area contributed by atoms with Crippen LogP contribution in [0.3, 0.4) is 0 Å². The maximum Gasteiger partial charge on any atom is 0.340 e. The average molecular weight is 340 g/mol. The molecule has 0 unspecified atom stereocenters. The van der Waals surface area contributed by atoms with Gasteiger partial charge in [0, 0.05) is 12.8 Å². The molecule has 1 aromatic carbocycles. The van der Waals surface area contributed by atoms with Gasteiger partial charge >= 0.3 is 24.3 Å². The number of alkyl halides is 4. The molecule has 0 radical (unpaired) electrons. The minimum absolute atomic E-state index is 0.119. The topological polar surface area (TPSA) is 52.6 Å². The molecule has 0 atom stereocenters. The van der Waals surface area contributed by atoms with Crippen molar-refractivity contribution in [2.75, 3.05) is 6.61 Å². The third-order valence-corrected chi connectivity index (χ3v) is 2.57. The predicted octanol–water partition coefficient (Wildman–Crippen LogP) is 3.35. The van der Waals surface area contributed by atoms with Crippen molar-refractivity contribution in [3.8, 4) is 5.75 Å². The molecule has 0 fully saturated rings. The summed E-state index contributed by atoms with van der Waals surface area (Å²) in [5, 5.41) is 0. The summed E-state index contributed by atoms with van der Waals surface area (Å²) < 4.78 is 70.5. The van der Waals surface area contributed by atoms with Crippen LogP contribution in [0.2, 0.25) is 0 Å². The van der Waals surface area contributed by atoms with E-state index in [1.807, 2.05) is 0 Å². The van der Waals surface area contributed by atoms with Gasteiger partial charge in [-0.3, -0.25) is 9.59 Å². The van der Waals surface area contributed by atoms with Crippen LogP contribution >= 0.6 is 0 Å². The molecule has 1 rings (SSSR count). The number of halogens is 5. The summed E-state index contributed by atoms with van der Waals surface area (Å²) in [6.45, 7) is -1.73. The van der Waals surface area contributed by atoms with Crippen LogP contribution in [0.4, 0.5) is 22.0 Å². The molecule has 0 bridgehead atoms. The van der Waals surface area contributed by atoms with Crippen molar-refractivity contribution in [1.29, 1.82) is 0 Å². The van der Waals surface area contributed by atoms with Gasteiger partial charge in [0.1, 0.15) is 0 Å². The molecule has 0 saturated carbocycles. The second-order valence-corrected chi connectivity index (χ2v) is 4.48. The van der Waals surface area contributed by atoms with Gasteiger partial charge in [0.25, 0.3) is 0 Å². The highest BCUT2D eigenvalue weighted by molar-refractivity contribution is 5.74. The summed E-state index contributed by atoms with van der Waals surface area (Å²) in [6.07, 6.45) is -4.79. The summed E-state index contributed by atoms with van der Waals surface area (Å²) in [6, 6.07) is 5.17. The Bertz CT molecular complexity index is 548. The Kier molecular flexibility index (Phi) is 6.92. The Balaban J connectivity index is 2.27. The molecule has 0 aliphatic heterocycles. The number of benzene rings is 1. The minimum atomic E-state index is -4.42. The van der Waals surface area contributed by atoms with Crippen molar-refractivity contribution in [3.63, 3.8) is 0 Å². The maximum absolute atomic E-state index is 13.2. The van der Waals surface area contributed by atoms with Crippen LogP contribution in [-0.2, 0) is 14.3 Å². The van der Waals surface area contributed by atoms with Crippen LogP contribution in [0.5, 0.6) is 5.75 Å². The second kappa shape index (κ2) is 8.44. The van der Waals surface area contributed by atoms with E-state index in [1.54, 1.807) is 0 Å². The maximum atomic E-state index is 13.2. The molecule has 128 valence electrons. The van der Waals surface area contributed by atoms with Gasteiger partial charge in [-0.2, -0.15) is 8.78 Å². The molecule has 0 heterocycles. The van der Waals surface area contributed by atoms with Gasteiger partial charge in [0.15, 0.2) is 18.2 Å². The molecule has 0 aromatic heterocycles. The van der Waals surface area contributed by atoms with E-state index in [0.29, 0.717) is 0 Å². The summed E-state index contributed by atoms with van der Waals surface area (Å²) in [5.74, 6) is -7.42. The Labute approximate surface area is 128 Å². The van der Waals surface area contributed by atoms with Crippen LogP contribution in [-0.4, -0.2) is 30.9 Å². The fourth-order valence-electron chi connectivity index (χ4n) is 1.39. The number of para-hydroxylation sites is 1. The molecule has 0 amide bonds. The lowest BCUT2D eigenvalue weighted by Crippen LogP contribution is -2.33. The predicted molar refractivity (Wildman–Crippen MR) is 67.8 cm³/mol. The van der Waals surface area contributed by atoms with Gasteiger partial charge in [-0.1, -0.05) is 12.1 Å². The van der Waals surface area contributed by atoms with Crippen molar-refractivity contribution in [1.82, 2.24) is 0 Å². The van der Waals surface area contributed by atoms with E-state index >= 15 is 0 Å². The van der Waals surface area contributed by atoms with Crippen molar-refractivity contribution in [2.24, 2.45) is 0 Å². The fraction of sp³-hybridized carbons (Fsp3) is 0.429. The zero-order valence-electron chi connectivity index (χ0n) is 11.7. The van der Waals surface area contributed by atoms with Crippen LogP contribution in [0, 0.1) is 5.82 Å². The van der Waals surface area contributed by atoms with Crippen LogP contribution < -0.4 is 4.74 Å².